The van der Waals surface area contributed by atoms with Gasteiger partial charge in [-0.1, -0.05) is 26.8 Å². The molecule has 0 spiro atoms. The van der Waals surface area contributed by atoms with Gasteiger partial charge in [0, 0.05) is 24.5 Å². The normalized spacial score (nSPS) is 13.9. The van der Waals surface area contributed by atoms with Crippen LogP contribution in [0.2, 0.25) is 0 Å². The highest BCUT2D eigenvalue weighted by Crippen LogP contribution is 2.28. The predicted molar refractivity (Wildman–Crippen MR) is 137 cm³/mol. The first-order valence-electron chi connectivity index (χ1n) is 12.0. The number of nitrogens with zero attached hydrogens (tertiary/aromatic N) is 4. The summed E-state index contributed by atoms with van der Waals surface area (Å²) in [6.45, 7) is 11.8. The lowest BCUT2D eigenvalue weighted by molar-refractivity contribution is 0.473. The summed E-state index contributed by atoms with van der Waals surface area (Å²) in [6, 6.07) is 11.0. The molecule has 5 rings (SSSR count). The highest BCUT2D eigenvalue weighted by atomic mass is 19.1. The van der Waals surface area contributed by atoms with E-state index in [9.17, 15) is 9.18 Å². The number of rotatable bonds is 4. The van der Waals surface area contributed by atoms with Crippen LogP contribution in [0.4, 0.5) is 16.0 Å². The molecule has 0 unspecified atom stereocenters. The number of halogens is 1. The molecule has 7 nitrogen and oxygen atoms in total. The quantitative estimate of drug-likeness (QED) is 0.436. The fourth-order valence-corrected chi connectivity index (χ4v) is 4.59. The molecule has 1 aliphatic heterocycles. The van der Waals surface area contributed by atoms with Gasteiger partial charge in [0.05, 0.1) is 5.69 Å². The molecule has 0 atom stereocenters. The lowest BCUT2D eigenvalue weighted by Crippen LogP contribution is -2.24. The van der Waals surface area contributed by atoms with Crippen molar-refractivity contribution in [1.29, 1.82) is 0 Å². The zero-order valence-corrected chi connectivity index (χ0v) is 20.8. The van der Waals surface area contributed by atoms with Gasteiger partial charge in [-0.15, -0.1) is 0 Å². The number of aromatic nitrogens is 4. The number of hydrogen-bond donors (Lipinski definition) is 2. The standard InChI is InChI=1S/C27H31FN6O/c1-16(2)33-25(35)23-15-30-26(31-21-7-6-17-8-9-29-14-18(17)10-21)32-24(23)34(33)22-12-19(27(3,4)5)11-20(28)13-22/h6-7,10-13,15-16,29H,8-9,14H2,1-5H3,(H,30,31,32). The van der Waals surface area contributed by atoms with Gasteiger partial charge in [-0.2, -0.15) is 4.98 Å². The Morgan fingerprint density at radius 1 is 1.11 bits per heavy atom. The zero-order valence-electron chi connectivity index (χ0n) is 20.8. The van der Waals surface area contributed by atoms with Gasteiger partial charge < -0.3 is 10.6 Å². The van der Waals surface area contributed by atoms with Crippen LogP contribution in [0.1, 0.15) is 57.4 Å². The average molecular weight is 475 g/mol. The van der Waals surface area contributed by atoms with Crippen LogP contribution in [-0.4, -0.2) is 25.9 Å². The van der Waals surface area contributed by atoms with Crippen LogP contribution in [0.3, 0.4) is 0 Å². The first-order valence-corrected chi connectivity index (χ1v) is 12.0. The fraction of sp³-hybridized carbons (Fsp3) is 0.370. The summed E-state index contributed by atoms with van der Waals surface area (Å²) in [4.78, 5) is 22.4. The molecule has 0 aliphatic carbocycles. The Balaban J connectivity index is 1.65. The minimum Gasteiger partial charge on any atom is -0.324 e. The molecule has 35 heavy (non-hydrogen) atoms. The maximum Gasteiger partial charge on any atom is 0.278 e. The second kappa shape index (κ2) is 8.61. The van der Waals surface area contributed by atoms with Crippen LogP contribution in [0.5, 0.6) is 0 Å². The maximum atomic E-state index is 14.7. The smallest absolute Gasteiger partial charge is 0.278 e. The Morgan fingerprint density at radius 3 is 2.66 bits per heavy atom. The molecule has 0 radical (unpaired) electrons. The molecule has 3 heterocycles. The van der Waals surface area contributed by atoms with Gasteiger partial charge in [-0.3, -0.25) is 4.79 Å². The minimum absolute atomic E-state index is 0.164. The number of benzene rings is 2. The molecule has 2 aromatic heterocycles. The monoisotopic (exact) mass is 474 g/mol. The number of hydrogen-bond acceptors (Lipinski definition) is 5. The maximum absolute atomic E-state index is 14.7. The molecule has 0 saturated carbocycles. The van der Waals surface area contributed by atoms with E-state index in [1.807, 2.05) is 46.8 Å². The van der Waals surface area contributed by atoms with E-state index in [1.54, 1.807) is 21.6 Å². The largest absolute Gasteiger partial charge is 0.324 e. The third-order valence-electron chi connectivity index (χ3n) is 6.45. The van der Waals surface area contributed by atoms with Crippen molar-refractivity contribution in [3.05, 3.63) is 75.5 Å². The second-order valence-corrected chi connectivity index (χ2v) is 10.5. The molecular formula is C27H31FN6O. The third-order valence-corrected chi connectivity index (χ3v) is 6.45. The Bertz CT molecular complexity index is 1480. The van der Waals surface area contributed by atoms with Crippen LogP contribution in [0.25, 0.3) is 16.7 Å². The summed E-state index contributed by atoms with van der Waals surface area (Å²) in [6.07, 6.45) is 2.56. The molecule has 0 amide bonds. The van der Waals surface area contributed by atoms with Crippen molar-refractivity contribution in [2.45, 2.75) is 59.0 Å². The van der Waals surface area contributed by atoms with E-state index < -0.39 is 0 Å². The molecule has 1 aliphatic rings. The highest BCUT2D eigenvalue weighted by molar-refractivity contribution is 5.77. The van der Waals surface area contributed by atoms with Gasteiger partial charge in [-0.05, 0) is 79.3 Å². The van der Waals surface area contributed by atoms with Gasteiger partial charge in [0.1, 0.15) is 11.2 Å². The molecule has 0 bridgehead atoms. The summed E-state index contributed by atoms with van der Waals surface area (Å²) in [5, 5.41) is 7.06. The summed E-state index contributed by atoms with van der Waals surface area (Å²) in [5.41, 5.74) is 4.84. The summed E-state index contributed by atoms with van der Waals surface area (Å²) in [7, 11) is 0. The van der Waals surface area contributed by atoms with Gasteiger partial charge in [0.15, 0.2) is 5.65 Å². The number of anilines is 2. The van der Waals surface area contributed by atoms with E-state index >= 15 is 0 Å². The van der Waals surface area contributed by atoms with E-state index in [-0.39, 0.29) is 22.8 Å². The first kappa shape index (κ1) is 23.2. The highest BCUT2D eigenvalue weighted by Gasteiger charge is 2.22. The second-order valence-electron chi connectivity index (χ2n) is 10.5. The van der Waals surface area contributed by atoms with Gasteiger partial charge in [0.2, 0.25) is 5.95 Å². The Labute approximate surface area is 204 Å². The van der Waals surface area contributed by atoms with Crippen LogP contribution in [0, 0.1) is 5.82 Å². The van der Waals surface area contributed by atoms with Gasteiger partial charge in [0.25, 0.3) is 5.56 Å². The van der Waals surface area contributed by atoms with E-state index in [0.717, 1.165) is 30.8 Å². The summed E-state index contributed by atoms with van der Waals surface area (Å²) in [5.74, 6) is 0.0235. The molecule has 2 N–H and O–H groups in total. The molecule has 2 aromatic carbocycles. The van der Waals surface area contributed by atoms with Gasteiger partial charge in [-0.25, -0.2) is 18.7 Å². The Kier molecular flexibility index (Phi) is 5.71. The lowest BCUT2D eigenvalue weighted by Gasteiger charge is -2.22. The topological polar surface area (TPSA) is 76.8 Å². The number of nitrogens with one attached hydrogen (secondary N) is 2. The molecule has 182 valence electrons. The zero-order chi connectivity index (χ0) is 24.9. The van der Waals surface area contributed by atoms with Gasteiger partial charge >= 0.3 is 0 Å². The first-order chi connectivity index (χ1) is 16.6. The Hall–Kier alpha value is -3.52. The van der Waals surface area contributed by atoms with Crippen molar-refractivity contribution in [3.8, 4) is 5.69 Å². The van der Waals surface area contributed by atoms with Crippen molar-refractivity contribution in [2.24, 2.45) is 0 Å². The van der Waals surface area contributed by atoms with Crippen LogP contribution in [-0.2, 0) is 18.4 Å². The van der Waals surface area contributed by atoms with E-state index in [0.29, 0.717) is 22.7 Å². The van der Waals surface area contributed by atoms with E-state index in [1.165, 1.54) is 17.2 Å². The SMILES string of the molecule is CC(C)n1c(=O)c2cnc(Nc3ccc4c(c3)CNCC4)nc2n1-c1cc(F)cc(C(C)(C)C)c1. The van der Waals surface area contributed by atoms with E-state index in [2.05, 4.69) is 27.8 Å². The van der Waals surface area contributed by atoms with Crippen LogP contribution < -0.4 is 16.2 Å². The minimum atomic E-state index is -0.355. The van der Waals surface area contributed by atoms with Crippen LogP contribution >= 0.6 is 0 Å². The van der Waals surface area contributed by atoms with Crippen molar-refractivity contribution in [2.75, 3.05) is 11.9 Å². The molecular weight excluding hydrogens is 443 g/mol. The van der Waals surface area contributed by atoms with Crippen LogP contribution in [0.15, 0.2) is 47.4 Å². The molecule has 0 saturated heterocycles. The van der Waals surface area contributed by atoms with E-state index in [4.69, 9.17) is 4.98 Å². The summed E-state index contributed by atoms with van der Waals surface area (Å²) >= 11 is 0. The lowest BCUT2D eigenvalue weighted by atomic mass is 9.87. The average Bonchev–Trinajstić information content (AvgIpc) is 3.10. The Morgan fingerprint density at radius 2 is 1.91 bits per heavy atom. The molecule has 8 heteroatoms. The third kappa shape index (κ3) is 4.34. The summed E-state index contributed by atoms with van der Waals surface area (Å²) < 4.78 is 18.1. The van der Waals surface area contributed by atoms with Crippen molar-refractivity contribution in [3.63, 3.8) is 0 Å². The van der Waals surface area contributed by atoms with Crippen molar-refractivity contribution < 1.29 is 4.39 Å². The predicted octanol–water partition coefficient (Wildman–Crippen LogP) is 4.99. The molecule has 0 fully saturated rings. The van der Waals surface area contributed by atoms with Crippen molar-refractivity contribution in [1.82, 2.24) is 24.6 Å². The number of fused-ring (bicyclic) bond motifs is 2. The fourth-order valence-electron chi connectivity index (χ4n) is 4.59. The molecule has 4 aromatic rings. The van der Waals surface area contributed by atoms with Crippen molar-refractivity contribution >= 4 is 22.7 Å².